The molecule has 3 rings (SSSR count). The van der Waals surface area contributed by atoms with Crippen molar-refractivity contribution in [3.8, 4) is 11.5 Å². The molecule has 0 amide bonds. The summed E-state index contributed by atoms with van der Waals surface area (Å²) < 4.78 is 11.0. The molecular weight excluding hydrogens is 334 g/mol. The molecule has 1 N–H and O–H groups in total. The Hall–Kier alpha value is -2.00. The lowest BCUT2D eigenvalue weighted by atomic mass is 9.83. The van der Waals surface area contributed by atoms with Crippen molar-refractivity contribution in [3.63, 3.8) is 0 Å². The molecule has 1 atom stereocenters. The van der Waals surface area contributed by atoms with Gasteiger partial charge in [0.25, 0.3) is 0 Å². The number of quaternary nitrogens is 1. The SMILES string of the molecule is COc1cc2c(cc1OC)C[NH+](Cc1c(C)cc(C(C)(C)C)cc1C)CC2. The van der Waals surface area contributed by atoms with Gasteiger partial charge >= 0.3 is 0 Å². The molecule has 1 aliphatic heterocycles. The van der Waals surface area contributed by atoms with Crippen molar-refractivity contribution in [2.45, 2.75) is 59.5 Å². The second-order valence-corrected chi connectivity index (χ2v) is 8.92. The lowest BCUT2D eigenvalue weighted by Crippen LogP contribution is -3.10. The minimum absolute atomic E-state index is 0.195. The standard InChI is InChI=1S/C24H33NO2/c1-16-10-20(24(3,4)5)11-17(2)21(16)15-25-9-8-18-12-22(26-6)23(27-7)13-19(18)14-25/h10-13H,8-9,14-15H2,1-7H3/p+1. The maximum atomic E-state index is 5.50. The average Bonchev–Trinajstić information content (AvgIpc) is 2.62. The highest BCUT2D eigenvalue weighted by atomic mass is 16.5. The van der Waals surface area contributed by atoms with E-state index in [1.807, 2.05) is 0 Å². The van der Waals surface area contributed by atoms with Gasteiger partial charge in [-0.1, -0.05) is 32.9 Å². The average molecular weight is 369 g/mol. The van der Waals surface area contributed by atoms with Crippen LogP contribution >= 0.6 is 0 Å². The van der Waals surface area contributed by atoms with E-state index in [-0.39, 0.29) is 5.41 Å². The molecule has 2 aromatic carbocycles. The van der Waals surface area contributed by atoms with Crippen molar-refractivity contribution >= 4 is 0 Å². The summed E-state index contributed by atoms with van der Waals surface area (Å²) in [5, 5.41) is 0. The molecule has 0 spiro atoms. The van der Waals surface area contributed by atoms with Crippen LogP contribution in [0.4, 0.5) is 0 Å². The van der Waals surface area contributed by atoms with Crippen LogP contribution in [-0.4, -0.2) is 20.8 Å². The third-order valence-electron chi connectivity index (χ3n) is 5.88. The number of methoxy groups -OCH3 is 2. The summed E-state index contributed by atoms with van der Waals surface area (Å²) >= 11 is 0. The molecule has 0 fully saturated rings. The summed E-state index contributed by atoms with van der Waals surface area (Å²) in [6.07, 6.45) is 1.09. The summed E-state index contributed by atoms with van der Waals surface area (Å²) in [6.45, 7) is 14.7. The van der Waals surface area contributed by atoms with E-state index in [2.05, 4.69) is 58.9 Å². The molecule has 146 valence electrons. The molecule has 0 bridgehead atoms. The highest BCUT2D eigenvalue weighted by Crippen LogP contribution is 2.31. The summed E-state index contributed by atoms with van der Waals surface area (Å²) in [7, 11) is 3.42. The molecule has 0 aromatic heterocycles. The van der Waals surface area contributed by atoms with Crippen LogP contribution in [-0.2, 0) is 24.9 Å². The van der Waals surface area contributed by atoms with Gasteiger partial charge in [0.15, 0.2) is 11.5 Å². The van der Waals surface area contributed by atoms with Gasteiger partial charge in [-0.25, -0.2) is 0 Å². The molecule has 1 heterocycles. The lowest BCUT2D eigenvalue weighted by molar-refractivity contribution is -0.929. The second kappa shape index (κ2) is 7.55. The number of hydrogen-bond acceptors (Lipinski definition) is 2. The van der Waals surface area contributed by atoms with Crippen molar-refractivity contribution in [2.75, 3.05) is 20.8 Å². The van der Waals surface area contributed by atoms with Crippen LogP contribution in [0, 0.1) is 13.8 Å². The van der Waals surface area contributed by atoms with Crippen LogP contribution in [0.25, 0.3) is 0 Å². The number of fused-ring (bicyclic) bond motifs is 1. The van der Waals surface area contributed by atoms with Crippen molar-refractivity contribution in [2.24, 2.45) is 0 Å². The zero-order valence-corrected chi connectivity index (χ0v) is 18.0. The fourth-order valence-electron chi connectivity index (χ4n) is 4.14. The van der Waals surface area contributed by atoms with E-state index in [4.69, 9.17) is 9.47 Å². The highest BCUT2D eigenvalue weighted by molar-refractivity contribution is 5.47. The first-order valence-electron chi connectivity index (χ1n) is 9.91. The monoisotopic (exact) mass is 368 g/mol. The van der Waals surface area contributed by atoms with Crippen molar-refractivity contribution in [1.82, 2.24) is 0 Å². The van der Waals surface area contributed by atoms with Crippen molar-refractivity contribution < 1.29 is 14.4 Å². The number of nitrogens with one attached hydrogen (secondary N) is 1. The van der Waals surface area contributed by atoms with Gasteiger partial charge in [-0.05, 0) is 53.6 Å². The maximum Gasteiger partial charge on any atom is 0.161 e. The minimum Gasteiger partial charge on any atom is -0.493 e. The molecule has 3 heteroatoms. The Bertz CT molecular complexity index is 810. The minimum atomic E-state index is 0.195. The van der Waals surface area contributed by atoms with E-state index >= 15 is 0 Å². The molecule has 0 saturated carbocycles. The number of hydrogen-bond donors (Lipinski definition) is 1. The third kappa shape index (κ3) is 4.14. The quantitative estimate of drug-likeness (QED) is 0.888. The summed E-state index contributed by atoms with van der Waals surface area (Å²) in [5.74, 6) is 1.67. The molecule has 0 saturated heterocycles. The lowest BCUT2D eigenvalue weighted by Gasteiger charge is -2.29. The topological polar surface area (TPSA) is 22.9 Å². The highest BCUT2D eigenvalue weighted by Gasteiger charge is 2.24. The fourth-order valence-corrected chi connectivity index (χ4v) is 4.14. The molecule has 27 heavy (non-hydrogen) atoms. The first-order valence-corrected chi connectivity index (χ1v) is 9.91. The van der Waals surface area contributed by atoms with Crippen LogP contribution < -0.4 is 14.4 Å². The Balaban J connectivity index is 1.83. The molecule has 3 nitrogen and oxygen atoms in total. The van der Waals surface area contributed by atoms with Gasteiger partial charge in [-0.2, -0.15) is 0 Å². The maximum absolute atomic E-state index is 5.50. The first kappa shape index (κ1) is 19.8. The smallest absolute Gasteiger partial charge is 0.161 e. The molecular formula is C24H34NO2+. The molecule has 0 aliphatic carbocycles. The second-order valence-electron chi connectivity index (χ2n) is 8.92. The summed E-state index contributed by atoms with van der Waals surface area (Å²) in [6, 6.07) is 9.08. The zero-order valence-electron chi connectivity index (χ0n) is 18.0. The number of aryl methyl sites for hydroxylation is 2. The first-order chi connectivity index (χ1) is 12.7. The summed E-state index contributed by atoms with van der Waals surface area (Å²) in [5.41, 5.74) is 8.75. The molecule has 1 aliphatic rings. The van der Waals surface area contributed by atoms with Crippen LogP contribution in [0.2, 0.25) is 0 Å². The molecule has 0 radical (unpaired) electrons. The Morgan fingerprint density at radius 2 is 1.44 bits per heavy atom. The predicted octanol–water partition coefficient (Wildman–Crippen LogP) is 3.76. The number of benzene rings is 2. The molecule has 2 aromatic rings. The van der Waals surface area contributed by atoms with Gasteiger partial charge in [0.2, 0.25) is 0 Å². The number of ether oxygens (including phenoxy) is 2. The van der Waals surface area contributed by atoms with Gasteiger partial charge in [-0.15, -0.1) is 0 Å². The number of rotatable bonds is 4. The van der Waals surface area contributed by atoms with Crippen molar-refractivity contribution in [1.29, 1.82) is 0 Å². The molecule has 1 unspecified atom stereocenters. The van der Waals surface area contributed by atoms with Crippen LogP contribution in [0.15, 0.2) is 24.3 Å². The Morgan fingerprint density at radius 1 is 0.889 bits per heavy atom. The van der Waals surface area contributed by atoms with E-state index in [1.54, 1.807) is 19.1 Å². The summed E-state index contributed by atoms with van der Waals surface area (Å²) in [4.78, 5) is 1.62. The van der Waals surface area contributed by atoms with Crippen LogP contribution in [0.5, 0.6) is 11.5 Å². The van der Waals surface area contributed by atoms with E-state index in [0.29, 0.717) is 0 Å². The van der Waals surface area contributed by atoms with Crippen molar-refractivity contribution in [3.05, 3.63) is 57.6 Å². The van der Waals surface area contributed by atoms with E-state index in [1.165, 1.54) is 33.4 Å². The normalized spacial score (nSPS) is 16.8. The van der Waals surface area contributed by atoms with Crippen LogP contribution in [0.1, 0.15) is 54.2 Å². The van der Waals surface area contributed by atoms with E-state index in [0.717, 1.165) is 37.6 Å². The van der Waals surface area contributed by atoms with E-state index in [9.17, 15) is 0 Å². The van der Waals surface area contributed by atoms with Crippen LogP contribution in [0.3, 0.4) is 0 Å². The Labute approximate surface area is 164 Å². The fraction of sp³-hybridized carbons (Fsp3) is 0.500. The van der Waals surface area contributed by atoms with Gasteiger partial charge in [-0.3, -0.25) is 0 Å². The van der Waals surface area contributed by atoms with Gasteiger partial charge in [0, 0.05) is 17.5 Å². The predicted molar refractivity (Wildman–Crippen MR) is 111 cm³/mol. The van der Waals surface area contributed by atoms with E-state index < -0.39 is 0 Å². The van der Waals surface area contributed by atoms with Gasteiger partial charge in [0.1, 0.15) is 13.1 Å². The zero-order chi connectivity index (χ0) is 19.8. The van der Waals surface area contributed by atoms with Gasteiger partial charge in [0.05, 0.1) is 20.8 Å². The Morgan fingerprint density at radius 3 is 1.96 bits per heavy atom. The third-order valence-corrected chi connectivity index (χ3v) is 5.88. The van der Waals surface area contributed by atoms with Gasteiger partial charge < -0.3 is 14.4 Å². The Kier molecular flexibility index (Phi) is 5.53. The largest absolute Gasteiger partial charge is 0.493 e.